The van der Waals surface area contributed by atoms with Crippen LogP contribution in [-0.4, -0.2) is 29.7 Å². The minimum Gasteiger partial charge on any atom is -0.504 e. The maximum Gasteiger partial charge on any atom is 0.338 e. The van der Waals surface area contributed by atoms with E-state index in [1.807, 2.05) is 6.07 Å². The molecule has 10 nitrogen and oxygen atoms in total. The van der Waals surface area contributed by atoms with E-state index in [1.165, 1.54) is 14.0 Å². The Hall–Kier alpha value is -3.26. The van der Waals surface area contributed by atoms with Crippen molar-refractivity contribution in [2.75, 3.05) is 13.7 Å². The van der Waals surface area contributed by atoms with Gasteiger partial charge in [0.25, 0.3) is 5.69 Å². The number of ether oxygens (including phenoxy) is 3. The second-order valence-corrected chi connectivity index (χ2v) is 6.34. The van der Waals surface area contributed by atoms with Crippen molar-refractivity contribution < 1.29 is 29.0 Å². The molecule has 11 heteroatoms. The number of nitro benzene ring substituents is 1. The summed E-state index contributed by atoms with van der Waals surface area (Å²) in [4.78, 5) is 23.3. The van der Waals surface area contributed by atoms with Crippen molar-refractivity contribution in [2.24, 2.45) is 5.73 Å². The topological polar surface area (TPSA) is 158 Å². The van der Waals surface area contributed by atoms with Gasteiger partial charge in [-0.3, -0.25) is 10.1 Å². The third-order valence-corrected chi connectivity index (χ3v) is 4.86. The molecular formula is C17H16BrN3O7. The molecule has 0 saturated carbocycles. The second-order valence-electron chi connectivity index (χ2n) is 5.55. The van der Waals surface area contributed by atoms with Crippen LogP contribution < -0.4 is 10.5 Å². The highest BCUT2D eigenvalue weighted by atomic mass is 79.9. The second kappa shape index (κ2) is 8.18. The fraction of sp³-hybridized carbons (Fsp3) is 0.294. The number of aromatic hydroxyl groups is 1. The standard InChI is InChI=1S/C17H16BrN3O7/c1-4-27-17(23)11-7(2)28-16(20)8(6-19)12(11)13-14(18)9(21(24)25)5-10(26-3)15(13)22/h5,12,22H,4,20H2,1-3H3. The normalized spacial score (nSPS) is 16.3. The third kappa shape index (κ3) is 3.46. The van der Waals surface area contributed by atoms with Gasteiger partial charge in [-0.05, 0) is 29.8 Å². The van der Waals surface area contributed by atoms with Crippen LogP contribution in [0.1, 0.15) is 25.3 Å². The molecule has 3 N–H and O–H groups in total. The molecule has 2 rings (SSSR count). The highest BCUT2D eigenvalue weighted by molar-refractivity contribution is 9.10. The van der Waals surface area contributed by atoms with E-state index in [9.17, 15) is 25.3 Å². The van der Waals surface area contributed by atoms with Crippen LogP contribution in [0.25, 0.3) is 0 Å². The van der Waals surface area contributed by atoms with Gasteiger partial charge in [-0.15, -0.1) is 0 Å². The Morgan fingerprint density at radius 2 is 2.21 bits per heavy atom. The van der Waals surface area contributed by atoms with E-state index in [0.29, 0.717) is 0 Å². The molecule has 1 aromatic rings. The summed E-state index contributed by atoms with van der Waals surface area (Å²) >= 11 is 3.10. The summed E-state index contributed by atoms with van der Waals surface area (Å²) in [5.41, 5.74) is 4.88. The first-order chi connectivity index (χ1) is 13.2. The van der Waals surface area contributed by atoms with Crippen molar-refractivity contribution >= 4 is 27.6 Å². The lowest BCUT2D eigenvalue weighted by Gasteiger charge is -2.28. The molecule has 1 unspecified atom stereocenters. The number of esters is 1. The Morgan fingerprint density at radius 1 is 1.57 bits per heavy atom. The monoisotopic (exact) mass is 453 g/mol. The molecule has 0 aromatic heterocycles. The summed E-state index contributed by atoms with van der Waals surface area (Å²) in [7, 11) is 1.21. The first-order valence-electron chi connectivity index (χ1n) is 7.88. The Kier molecular flexibility index (Phi) is 6.15. The zero-order chi connectivity index (χ0) is 21.2. The molecule has 1 aromatic carbocycles. The Bertz CT molecular complexity index is 962. The summed E-state index contributed by atoms with van der Waals surface area (Å²) < 4.78 is 15.2. The number of nitrogens with two attached hydrogens (primary N) is 1. The number of phenolic OH excluding ortho intramolecular Hbond substituents is 1. The molecule has 0 amide bonds. The fourth-order valence-corrected chi connectivity index (χ4v) is 3.50. The summed E-state index contributed by atoms with van der Waals surface area (Å²) in [6.45, 7) is 3.06. The van der Waals surface area contributed by atoms with Gasteiger partial charge in [-0.1, -0.05) is 0 Å². The van der Waals surface area contributed by atoms with Gasteiger partial charge < -0.3 is 25.1 Å². The van der Waals surface area contributed by atoms with Crippen molar-refractivity contribution in [1.82, 2.24) is 0 Å². The van der Waals surface area contributed by atoms with Crippen LogP contribution in [-0.2, 0) is 14.3 Å². The highest BCUT2D eigenvalue weighted by Gasteiger charge is 2.41. The number of allylic oxidation sites excluding steroid dienone is 2. The van der Waals surface area contributed by atoms with Crippen LogP contribution in [0.3, 0.4) is 0 Å². The average molecular weight is 454 g/mol. The molecule has 0 fully saturated rings. The van der Waals surface area contributed by atoms with Gasteiger partial charge in [0.2, 0.25) is 5.88 Å². The molecule has 0 radical (unpaired) electrons. The zero-order valence-corrected chi connectivity index (χ0v) is 16.7. The minimum atomic E-state index is -1.28. The molecule has 0 aliphatic carbocycles. The van der Waals surface area contributed by atoms with Crippen LogP contribution >= 0.6 is 15.9 Å². The van der Waals surface area contributed by atoms with E-state index >= 15 is 0 Å². The summed E-state index contributed by atoms with van der Waals surface area (Å²) in [5, 5.41) is 31.7. The van der Waals surface area contributed by atoms with Gasteiger partial charge in [0, 0.05) is 5.56 Å². The number of nitriles is 1. The number of phenols is 1. The molecule has 1 aliphatic heterocycles. The van der Waals surface area contributed by atoms with E-state index in [2.05, 4.69) is 15.9 Å². The van der Waals surface area contributed by atoms with Gasteiger partial charge in [-0.2, -0.15) is 5.26 Å². The SMILES string of the molecule is CCOC(=O)C1=C(C)OC(N)=C(C#N)C1c1c(O)c(OC)cc([N+](=O)[O-])c1Br. The predicted molar refractivity (Wildman–Crippen MR) is 99.0 cm³/mol. The Balaban J connectivity index is 2.92. The molecule has 28 heavy (non-hydrogen) atoms. The van der Waals surface area contributed by atoms with Crippen LogP contribution in [0.2, 0.25) is 0 Å². The number of nitro groups is 1. The van der Waals surface area contributed by atoms with E-state index in [1.54, 1.807) is 6.92 Å². The van der Waals surface area contributed by atoms with Crippen molar-refractivity contribution in [1.29, 1.82) is 5.26 Å². The van der Waals surface area contributed by atoms with Crippen molar-refractivity contribution in [3.8, 4) is 17.6 Å². The van der Waals surface area contributed by atoms with Crippen LogP contribution in [0, 0.1) is 21.4 Å². The van der Waals surface area contributed by atoms with Gasteiger partial charge in [0.15, 0.2) is 11.5 Å². The first kappa shape index (κ1) is 21.0. The van der Waals surface area contributed by atoms with Gasteiger partial charge >= 0.3 is 5.97 Å². The first-order valence-corrected chi connectivity index (χ1v) is 8.67. The lowest BCUT2D eigenvalue weighted by Crippen LogP contribution is -2.26. The number of methoxy groups -OCH3 is 1. The van der Waals surface area contributed by atoms with Crippen LogP contribution in [0.5, 0.6) is 11.5 Å². The smallest absolute Gasteiger partial charge is 0.338 e. The Morgan fingerprint density at radius 3 is 2.71 bits per heavy atom. The summed E-state index contributed by atoms with van der Waals surface area (Å²) in [5.74, 6) is -3.07. The number of rotatable bonds is 5. The summed E-state index contributed by atoms with van der Waals surface area (Å²) in [6, 6.07) is 2.85. The number of carbonyl (C=O) groups excluding carboxylic acids is 1. The van der Waals surface area contributed by atoms with Gasteiger partial charge in [0.1, 0.15) is 21.9 Å². The number of benzene rings is 1. The number of hydrogen-bond acceptors (Lipinski definition) is 9. The largest absolute Gasteiger partial charge is 0.504 e. The molecule has 148 valence electrons. The number of hydrogen-bond donors (Lipinski definition) is 2. The van der Waals surface area contributed by atoms with Crippen LogP contribution in [0.4, 0.5) is 5.69 Å². The number of nitrogens with zero attached hydrogens (tertiary/aromatic N) is 2. The molecule has 1 atom stereocenters. The average Bonchev–Trinajstić information content (AvgIpc) is 2.61. The summed E-state index contributed by atoms with van der Waals surface area (Å²) in [6.07, 6.45) is 0. The van der Waals surface area contributed by atoms with Crippen LogP contribution in [0.15, 0.2) is 33.3 Å². The molecule has 1 aliphatic rings. The van der Waals surface area contributed by atoms with E-state index in [4.69, 9.17) is 19.9 Å². The van der Waals surface area contributed by atoms with Crippen molar-refractivity contribution in [3.63, 3.8) is 0 Å². The molecule has 0 spiro atoms. The fourth-order valence-electron chi connectivity index (χ4n) is 2.83. The minimum absolute atomic E-state index is 0.0365. The molecule has 0 bridgehead atoms. The van der Waals surface area contributed by atoms with E-state index < -0.39 is 28.2 Å². The highest BCUT2D eigenvalue weighted by Crippen LogP contribution is 2.51. The van der Waals surface area contributed by atoms with Crippen molar-refractivity contribution in [3.05, 3.63) is 49.0 Å². The van der Waals surface area contributed by atoms with Crippen molar-refractivity contribution in [2.45, 2.75) is 19.8 Å². The molecule has 1 heterocycles. The predicted octanol–water partition coefficient (Wildman–Crippen LogP) is 2.72. The third-order valence-electron chi connectivity index (χ3n) is 4.02. The van der Waals surface area contributed by atoms with E-state index in [-0.39, 0.29) is 45.2 Å². The van der Waals surface area contributed by atoms with Gasteiger partial charge in [0.05, 0.1) is 36.2 Å². The Labute approximate surface area is 168 Å². The van der Waals surface area contributed by atoms with Gasteiger partial charge in [-0.25, -0.2) is 4.79 Å². The lowest BCUT2D eigenvalue weighted by molar-refractivity contribution is -0.385. The molecule has 0 saturated heterocycles. The quantitative estimate of drug-likeness (QED) is 0.388. The maximum atomic E-state index is 12.6. The lowest BCUT2D eigenvalue weighted by atomic mass is 9.82. The zero-order valence-electron chi connectivity index (χ0n) is 15.1. The maximum absolute atomic E-state index is 12.6. The van der Waals surface area contributed by atoms with E-state index in [0.717, 1.165) is 6.07 Å². The number of halogens is 1. The number of carbonyl (C=O) groups is 1. The molecular weight excluding hydrogens is 438 g/mol.